The van der Waals surface area contributed by atoms with E-state index in [1.165, 1.54) is 19.0 Å². The molecule has 7 aromatic rings. The van der Waals surface area contributed by atoms with Crippen LogP contribution in [0.5, 0.6) is 0 Å². The first-order valence-electron chi connectivity index (χ1n) is 12.1. The van der Waals surface area contributed by atoms with Crippen molar-refractivity contribution in [1.29, 1.82) is 0 Å². The average Bonchev–Trinajstić information content (AvgIpc) is 3.73. The lowest BCUT2D eigenvalue weighted by Gasteiger charge is -1.96. The van der Waals surface area contributed by atoms with Crippen LogP contribution in [0.4, 0.5) is 0 Å². The predicted molar refractivity (Wildman–Crippen MR) is 143 cm³/mol. The molecule has 0 fully saturated rings. The van der Waals surface area contributed by atoms with Crippen LogP contribution in [0.3, 0.4) is 0 Å². The second kappa shape index (κ2) is 7.67. The van der Waals surface area contributed by atoms with E-state index in [0.717, 1.165) is 11.1 Å². The lowest BCUT2D eigenvalue weighted by Crippen LogP contribution is -1.87. The molecule has 14 heteroatoms. The molecule has 0 unspecified atom stereocenters. The van der Waals surface area contributed by atoms with Crippen LogP contribution in [0.1, 0.15) is 0 Å². The van der Waals surface area contributed by atoms with Crippen molar-refractivity contribution in [3.05, 3.63) is 61.8 Å². The highest BCUT2D eigenvalue weighted by molar-refractivity contribution is 6.03. The summed E-state index contributed by atoms with van der Waals surface area (Å²) in [5.74, 6) is 1.71. The van der Waals surface area contributed by atoms with Crippen molar-refractivity contribution in [2.75, 3.05) is 0 Å². The van der Waals surface area contributed by atoms with Gasteiger partial charge >= 0.3 is 0 Å². The molecule has 0 spiro atoms. The van der Waals surface area contributed by atoms with E-state index in [-0.39, 0.29) is 0 Å². The van der Waals surface area contributed by atoms with E-state index in [4.69, 9.17) is 29.9 Å². The Morgan fingerprint density at radius 1 is 0.450 bits per heavy atom. The van der Waals surface area contributed by atoms with Gasteiger partial charge in [0.25, 0.3) is 0 Å². The Bertz CT molecular complexity index is 2040. The molecule has 8 bridgehead atoms. The van der Waals surface area contributed by atoms with Crippen LogP contribution in [0, 0.1) is 0 Å². The molecule has 0 aliphatic carbocycles. The number of H-pyrrole nitrogens is 2. The number of fused-ring (bicyclic) bond motifs is 20. The first kappa shape index (κ1) is 20.8. The first-order valence-corrected chi connectivity index (χ1v) is 12.1. The third kappa shape index (κ3) is 2.92. The summed E-state index contributed by atoms with van der Waals surface area (Å²) in [5.41, 5.74) is 5.94. The van der Waals surface area contributed by atoms with Crippen molar-refractivity contribution in [2.45, 2.75) is 0 Å². The zero-order chi connectivity index (χ0) is 26.2. The Hall–Kier alpha value is -6.18. The van der Waals surface area contributed by atoms with Gasteiger partial charge in [0.15, 0.2) is 34.6 Å². The van der Waals surface area contributed by atoms with E-state index in [1.807, 2.05) is 24.3 Å². The monoisotopic (exact) mass is 520 g/mol. The van der Waals surface area contributed by atoms with Crippen molar-refractivity contribution in [3.63, 3.8) is 0 Å². The molecule has 0 radical (unpaired) electrons. The molecule has 14 nitrogen and oxygen atoms in total. The van der Waals surface area contributed by atoms with E-state index < -0.39 is 0 Å². The van der Waals surface area contributed by atoms with E-state index >= 15 is 0 Å². The third-order valence-electron chi connectivity index (χ3n) is 6.73. The molecule has 186 valence electrons. The molecule has 2 N–H and O–H groups in total. The Labute approximate surface area is 221 Å². The Balaban J connectivity index is 1.51. The van der Waals surface area contributed by atoms with Gasteiger partial charge in [-0.25, -0.2) is 59.8 Å². The molecule has 0 atom stereocenters. The molecule has 0 saturated carbocycles. The lowest BCUT2D eigenvalue weighted by atomic mass is 10.1. The second-order valence-corrected chi connectivity index (χ2v) is 9.01. The van der Waals surface area contributed by atoms with Crippen LogP contribution >= 0.6 is 0 Å². The van der Waals surface area contributed by atoms with Crippen LogP contribution in [-0.4, -0.2) is 69.8 Å². The minimum atomic E-state index is 0.353. The van der Waals surface area contributed by atoms with Crippen molar-refractivity contribution < 1.29 is 0 Å². The molecule has 8 heterocycles. The van der Waals surface area contributed by atoms with Crippen molar-refractivity contribution in [3.8, 4) is 45.7 Å². The number of nitrogens with one attached hydrogen (secondary N) is 2. The molecule has 40 heavy (non-hydrogen) atoms. The fraction of sp³-hybridized carbons (Fsp3) is 0. The van der Waals surface area contributed by atoms with Gasteiger partial charge in [0, 0.05) is 29.7 Å². The Morgan fingerprint density at radius 2 is 0.950 bits per heavy atom. The number of aromatic nitrogens is 14. The summed E-state index contributed by atoms with van der Waals surface area (Å²) in [6.07, 6.45) is 9.40. The molecule has 6 aromatic heterocycles. The van der Waals surface area contributed by atoms with Crippen molar-refractivity contribution in [2.24, 2.45) is 0 Å². The molecule has 0 amide bonds. The maximum Gasteiger partial charge on any atom is 0.183 e. The van der Waals surface area contributed by atoms with Gasteiger partial charge in [-0.3, -0.25) is 0 Å². The standard InChI is InChI=1S/C26H12N14/c1-2-4-12-11(3-1)19-33-20(12)35-22-14-6-28-9-31-17(14)25(37-22)40-26-18-15(7-29-10-32-18)23(39-26)38-24-16-13(5-27-8-30-16)21(34-19)36-24/h1-10H,(H2,33,34,35,36,37,38,39,40). The minimum absolute atomic E-state index is 0.353. The van der Waals surface area contributed by atoms with Crippen LogP contribution in [0.15, 0.2) is 61.8 Å². The minimum Gasteiger partial charge on any atom is -0.322 e. The highest BCUT2D eigenvalue weighted by atomic mass is 15.1. The molecular formula is C26H12N14. The van der Waals surface area contributed by atoms with Gasteiger partial charge in [0.1, 0.15) is 47.0 Å². The van der Waals surface area contributed by atoms with Gasteiger partial charge in [-0.1, -0.05) is 24.3 Å². The van der Waals surface area contributed by atoms with Crippen molar-refractivity contribution >= 4 is 44.4 Å². The number of hydrogen-bond donors (Lipinski definition) is 2. The van der Waals surface area contributed by atoms with Crippen molar-refractivity contribution in [1.82, 2.24) is 69.8 Å². The molecule has 2 aliphatic heterocycles. The van der Waals surface area contributed by atoms with E-state index in [1.54, 1.807) is 18.6 Å². The fourth-order valence-corrected chi connectivity index (χ4v) is 4.93. The number of rotatable bonds is 0. The van der Waals surface area contributed by atoms with Gasteiger partial charge in [-0.2, -0.15) is 0 Å². The number of benzene rings is 1. The van der Waals surface area contributed by atoms with Crippen LogP contribution in [-0.2, 0) is 0 Å². The summed E-state index contributed by atoms with van der Waals surface area (Å²) in [4.78, 5) is 61.5. The maximum absolute atomic E-state index is 4.89. The zero-order valence-electron chi connectivity index (χ0n) is 20.1. The summed E-state index contributed by atoms with van der Waals surface area (Å²) >= 11 is 0. The van der Waals surface area contributed by atoms with Crippen LogP contribution in [0.2, 0.25) is 0 Å². The molecule has 0 saturated heterocycles. The Morgan fingerprint density at radius 3 is 1.60 bits per heavy atom. The highest BCUT2D eigenvalue weighted by Crippen LogP contribution is 2.35. The van der Waals surface area contributed by atoms with Gasteiger partial charge < -0.3 is 9.97 Å². The molecule has 9 rings (SSSR count). The van der Waals surface area contributed by atoms with Crippen LogP contribution in [0.25, 0.3) is 90.1 Å². The first-order chi connectivity index (χ1) is 19.8. The van der Waals surface area contributed by atoms with Gasteiger partial charge in [0.2, 0.25) is 0 Å². The maximum atomic E-state index is 4.89. The highest BCUT2D eigenvalue weighted by Gasteiger charge is 2.23. The number of aromatic amines is 2. The number of hydrogen-bond acceptors (Lipinski definition) is 12. The summed E-state index contributed by atoms with van der Waals surface area (Å²) in [6.45, 7) is 0. The normalized spacial score (nSPS) is 12.0. The smallest absolute Gasteiger partial charge is 0.183 e. The molecule has 2 aliphatic rings. The van der Waals surface area contributed by atoms with Gasteiger partial charge in [-0.05, 0) is 0 Å². The molecule has 1 aromatic carbocycles. The summed E-state index contributed by atoms with van der Waals surface area (Å²) < 4.78 is 0. The largest absolute Gasteiger partial charge is 0.322 e. The summed E-state index contributed by atoms with van der Waals surface area (Å²) in [6, 6.07) is 7.79. The summed E-state index contributed by atoms with van der Waals surface area (Å²) in [5, 5.41) is 1.37. The number of nitrogens with zero attached hydrogens (tertiary/aromatic N) is 12. The zero-order valence-corrected chi connectivity index (χ0v) is 20.1. The van der Waals surface area contributed by atoms with Crippen LogP contribution < -0.4 is 0 Å². The van der Waals surface area contributed by atoms with Gasteiger partial charge in [-0.15, -0.1) is 0 Å². The summed E-state index contributed by atoms with van der Waals surface area (Å²) in [7, 11) is 0. The van der Waals surface area contributed by atoms with Gasteiger partial charge in [0.05, 0.1) is 16.3 Å². The fourth-order valence-electron chi connectivity index (χ4n) is 4.93. The third-order valence-corrected chi connectivity index (χ3v) is 6.73. The van der Waals surface area contributed by atoms with E-state index in [9.17, 15) is 0 Å². The second-order valence-electron chi connectivity index (χ2n) is 9.01. The Kier molecular flexibility index (Phi) is 3.99. The van der Waals surface area contributed by atoms with E-state index in [0.29, 0.717) is 78.9 Å². The average molecular weight is 520 g/mol. The quantitative estimate of drug-likeness (QED) is 0.298. The predicted octanol–water partition coefficient (Wildman–Crippen LogP) is 3.24. The topological polar surface area (TPSA) is 186 Å². The lowest BCUT2D eigenvalue weighted by molar-refractivity contribution is 1.16. The SMILES string of the molecule is c1ccc2c(c1)-c1nc-2nc2[nH]c(nc3nc(nc4[nH]c(n1)c1cncnc41)-c1cncnc1-3)c1ncncc21. The molecular weight excluding hydrogens is 508 g/mol. The van der Waals surface area contributed by atoms with E-state index in [2.05, 4.69) is 39.9 Å².